The van der Waals surface area contributed by atoms with E-state index in [9.17, 15) is 5.11 Å². The maximum absolute atomic E-state index is 9.76. The minimum Gasteiger partial charge on any atom is -0.497 e. The van der Waals surface area contributed by atoms with Crippen LogP contribution in [-0.2, 0) is 11.3 Å². The summed E-state index contributed by atoms with van der Waals surface area (Å²) >= 11 is 0. The first-order chi connectivity index (χ1) is 7.57. The van der Waals surface area contributed by atoms with Crippen molar-refractivity contribution in [1.29, 1.82) is 0 Å². The molecule has 1 aromatic carbocycles. The van der Waals surface area contributed by atoms with Gasteiger partial charge in [-0.25, -0.2) is 0 Å². The average molecular weight is 222 g/mol. The molecule has 0 aliphatic rings. The molecule has 0 spiro atoms. The zero-order chi connectivity index (χ0) is 12.0. The quantitative estimate of drug-likeness (QED) is 0.593. The monoisotopic (exact) mass is 222 g/mol. The minimum absolute atomic E-state index is 0.366. The van der Waals surface area contributed by atoms with Gasteiger partial charge in [-0.2, -0.15) is 0 Å². The number of hydrogen-bond donors (Lipinski definition) is 1. The first-order valence-electron chi connectivity index (χ1n) is 5.17. The molecule has 88 valence electrons. The lowest BCUT2D eigenvalue weighted by atomic mass is 10.2. The van der Waals surface area contributed by atoms with Crippen LogP contribution in [0.1, 0.15) is 18.9 Å². The lowest BCUT2D eigenvalue weighted by molar-refractivity contribution is -0.194. The van der Waals surface area contributed by atoms with Crippen molar-refractivity contribution in [3.8, 4) is 5.75 Å². The molecule has 0 aromatic heterocycles. The molecular formula is C13H18O3. The van der Waals surface area contributed by atoms with Crippen LogP contribution in [0, 0.1) is 0 Å². The predicted octanol–water partition coefficient (Wildman–Crippen LogP) is 2.50. The smallest absolute Gasteiger partial charge is 0.166 e. The molecule has 0 aliphatic carbocycles. The van der Waals surface area contributed by atoms with E-state index in [-0.39, 0.29) is 0 Å². The van der Waals surface area contributed by atoms with E-state index in [4.69, 9.17) is 9.47 Å². The van der Waals surface area contributed by atoms with Gasteiger partial charge in [-0.05, 0) is 24.6 Å². The molecule has 0 saturated carbocycles. The SMILES string of the molecule is C=CCC(C)(O)OCc1ccc(OC)cc1. The van der Waals surface area contributed by atoms with E-state index in [1.54, 1.807) is 20.1 Å². The highest BCUT2D eigenvalue weighted by Crippen LogP contribution is 2.17. The molecule has 0 aliphatic heterocycles. The van der Waals surface area contributed by atoms with Crippen LogP contribution >= 0.6 is 0 Å². The summed E-state index contributed by atoms with van der Waals surface area (Å²) in [6.07, 6.45) is 2.04. The van der Waals surface area contributed by atoms with Crippen LogP contribution in [0.25, 0.3) is 0 Å². The number of methoxy groups -OCH3 is 1. The van der Waals surface area contributed by atoms with Crippen molar-refractivity contribution in [2.75, 3.05) is 7.11 Å². The van der Waals surface area contributed by atoms with Gasteiger partial charge in [0.2, 0.25) is 0 Å². The topological polar surface area (TPSA) is 38.7 Å². The van der Waals surface area contributed by atoms with Gasteiger partial charge in [-0.15, -0.1) is 6.58 Å². The second-order valence-corrected chi connectivity index (χ2v) is 3.80. The summed E-state index contributed by atoms with van der Waals surface area (Å²) in [4.78, 5) is 0. The summed E-state index contributed by atoms with van der Waals surface area (Å²) in [6.45, 7) is 5.56. The Labute approximate surface area is 96.3 Å². The maximum atomic E-state index is 9.76. The fraction of sp³-hybridized carbons (Fsp3) is 0.385. The summed E-state index contributed by atoms with van der Waals surface area (Å²) < 4.78 is 10.4. The van der Waals surface area contributed by atoms with Gasteiger partial charge < -0.3 is 14.6 Å². The van der Waals surface area contributed by atoms with Crippen LogP contribution in [0.15, 0.2) is 36.9 Å². The van der Waals surface area contributed by atoms with Crippen LogP contribution in [0.3, 0.4) is 0 Å². The molecule has 0 bridgehead atoms. The Bertz CT molecular complexity index is 328. The lowest BCUT2D eigenvalue weighted by Crippen LogP contribution is -2.26. The van der Waals surface area contributed by atoms with Crippen molar-refractivity contribution in [3.05, 3.63) is 42.5 Å². The van der Waals surface area contributed by atoms with E-state index in [2.05, 4.69) is 6.58 Å². The highest BCUT2D eigenvalue weighted by atomic mass is 16.6. The van der Waals surface area contributed by atoms with Crippen molar-refractivity contribution in [1.82, 2.24) is 0 Å². The Morgan fingerprint density at radius 3 is 2.50 bits per heavy atom. The first-order valence-corrected chi connectivity index (χ1v) is 5.17. The zero-order valence-electron chi connectivity index (χ0n) is 9.77. The number of aliphatic hydroxyl groups is 1. The van der Waals surface area contributed by atoms with Crippen LogP contribution in [0.5, 0.6) is 5.75 Å². The summed E-state index contributed by atoms with van der Waals surface area (Å²) in [5, 5.41) is 9.76. The van der Waals surface area contributed by atoms with Gasteiger partial charge in [-0.1, -0.05) is 18.2 Å². The Morgan fingerprint density at radius 1 is 1.38 bits per heavy atom. The van der Waals surface area contributed by atoms with Crippen molar-refractivity contribution in [3.63, 3.8) is 0 Å². The number of benzene rings is 1. The second-order valence-electron chi connectivity index (χ2n) is 3.80. The molecule has 0 heterocycles. The van der Waals surface area contributed by atoms with Gasteiger partial charge in [0, 0.05) is 6.42 Å². The third-order valence-electron chi connectivity index (χ3n) is 2.23. The summed E-state index contributed by atoms with van der Waals surface area (Å²) in [7, 11) is 1.63. The van der Waals surface area contributed by atoms with Gasteiger partial charge in [0.1, 0.15) is 5.75 Å². The van der Waals surface area contributed by atoms with Gasteiger partial charge in [-0.3, -0.25) is 0 Å². The predicted molar refractivity (Wildman–Crippen MR) is 63.2 cm³/mol. The molecule has 1 N–H and O–H groups in total. The Kier molecular flexibility index (Phi) is 4.52. The average Bonchev–Trinajstić information content (AvgIpc) is 2.27. The number of hydrogen-bond acceptors (Lipinski definition) is 3. The molecule has 1 aromatic rings. The Hall–Kier alpha value is -1.32. The first kappa shape index (κ1) is 12.7. The molecule has 1 unspecified atom stereocenters. The third-order valence-corrected chi connectivity index (χ3v) is 2.23. The Balaban J connectivity index is 2.50. The molecule has 1 atom stereocenters. The molecule has 3 heteroatoms. The van der Waals surface area contributed by atoms with Gasteiger partial charge in [0.25, 0.3) is 0 Å². The third kappa shape index (κ3) is 4.04. The van der Waals surface area contributed by atoms with E-state index in [0.717, 1.165) is 11.3 Å². The molecule has 0 amide bonds. The molecule has 3 nitrogen and oxygen atoms in total. The lowest BCUT2D eigenvalue weighted by Gasteiger charge is -2.22. The van der Waals surface area contributed by atoms with Gasteiger partial charge >= 0.3 is 0 Å². The highest BCUT2D eigenvalue weighted by molar-refractivity contribution is 5.26. The Morgan fingerprint density at radius 2 is 2.00 bits per heavy atom. The van der Waals surface area contributed by atoms with Crippen LogP contribution in [0.4, 0.5) is 0 Å². The molecule has 0 saturated heterocycles. The highest BCUT2D eigenvalue weighted by Gasteiger charge is 2.18. The fourth-order valence-electron chi connectivity index (χ4n) is 1.29. The van der Waals surface area contributed by atoms with E-state index in [0.29, 0.717) is 13.0 Å². The zero-order valence-corrected chi connectivity index (χ0v) is 9.77. The summed E-state index contributed by atoms with van der Waals surface area (Å²) in [5.41, 5.74) is 0.991. The maximum Gasteiger partial charge on any atom is 0.166 e. The normalized spacial score (nSPS) is 14.2. The fourth-order valence-corrected chi connectivity index (χ4v) is 1.29. The van der Waals surface area contributed by atoms with E-state index in [1.165, 1.54) is 0 Å². The standard InChI is InChI=1S/C13H18O3/c1-4-9-13(2,14)16-10-11-5-7-12(15-3)8-6-11/h4-8,14H,1,9-10H2,2-3H3. The van der Waals surface area contributed by atoms with E-state index in [1.807, 2.05) is 24.3 Å². The van der Waals surface area contributed by atoms with Crippen molar-refractivity contribution in [2.24, 2.45) is 0 Å². The molecule has 0 radical (unpaired) electrons. The van der Waals surface area contributed by atoms with E-state index >= 15 is 0 Å². The van der Waals surface area contributed by atoms with Crippen LogP contribution < -0.4 is 4.74 Å². The number of ether oxygens (including phenoxy) is 2. The van der Waals surface area contributed by atoms with Gasteiger partial charge in [0.05, 0.1) is 13.7 Å². The largest absolute Gasteiger partial charge is 0.497 e. The molecule has 16 heavy (non-hydrogen) atoms. The van der Waals surface area contributed by atoms with Crippen LogP contribution in [-0.4, -0.2) is 18.0 Å². The van der Waals surface area contributed by atoms with Crippen molar-refractivity contribution in [2.45, 2.75) is 25.7 Å². The number of rotatable bonds is 6. The van der Waals surface area contributed by atoms with Crippen molar-refractivity contribution < 1.29 is 14.6 Å². The molecule has 1 rings (SSSR count). The molecular weight excluding hydrogens is 204 g/mol. The molecule has 0 fully saturated rings. The second kappa shape index (κ2) is 5.68. The minimum atomic E-state index is -1.15. The van der Waals surface area contributed by atoms with E-state index < -0.39 is 5.79 Å². The summed E-state index contributed by atoms with van der Waals surface area (Å²) in [5.74, 6) is -0.344. The van der Waals surface area contributed by atoms with Crippen LogP contribution in [0.2, 0.25) is 0 Å². The summed E-state index contributed by atoms with van der Waals surface area (Å²) in [6, 6.07) is 7.54. The van der Waals surface area contributed by atoms with Crippen molar-refractivity contribution >= 4 is 0 Å². The van der Waals surface area contributed by atoms with Gasteiger partial charge in [0.15, 0.2) is 5.79 Å².